The zero-order valence-electron chi connectivity index (χ0n) is 16.4. The molecule has 24 heavy (non-hydrogen) atoms. The number of rotatable bonds is 5. The highest BCUT2D eigenvalue weighted by atomic mass is 28.2. The smallest absolute Gasteiger partial charge is 0.250 e. The van der Waals surface area contributed by atoms with E-state index in [0.29, 0.717) is 11.5 Å². The first kappa shape index (κ1) is 21.0. The Hall–Kier alpha value is -1.04. The molecular weight excluding hydrogens is 320 g/mol. The fourth-order valence-electron chi connectivity index (χ4n) is 2.02. The topological polar surface area (TPSA) is 36.9 Å². The Labute approximate surface area is 150 Å². The second-order valence-corrected chi connectivity index (χ2v) is 9.02. The van der Waals surface area contributed by atoms with Crippen molar-refractivity contribution in [2.75, 3.05) is 0 Å². The van der Waals surface area contributed by atoms with E-state index in [0.717, 1.165) is 5.56 Å². The molecule has 3 radical (unpaired) electrons. The normalized spacial score (nSPS) is 14.4. The zero-order chi connectivity index (χ0) is 18.8. The molecular formula is C19H31O4Si. The maximum absolute atomic E-state index is 6.20. The molecule has 5 heteroatoms. The van der Waals surface area contributed by atoms with E-state index in [-0.39, 0.29) is 16.8 Å². The van der Waals surface area contributed by atoms with Crippen molar-refractivity contribution in [1.82, 2.24) is 0 Å². The highest BCUT2D eigenvalue weighted by Gasteiger charge is 2.28. The number of benzene rings is 1. The highest BCUT2D eigenvalue weighted by molar-refractivity contribution is 5.98. The second kappa shape index (κ2) is 7.46. The third-order valence-corrected chi connectivity index (χ3v) is 2.87. The summed E-state index contributed by atoms with van der Waals surface area (Å²) < 4.78 is 23.7. The van der Waals surface area contributed by atoms with Gasteiger partial charge in [0.25, 0.3) is 0 Å². The summed E-state index contributed by atoms with van der Waals surface area (Å²) in [7, 11) is 3.14. The molecule has 1 aromatic carbocycles. The second-order valence-electron chi connectivity index (χ2n) is 8.78. The van der Waals surface area contributed by atoms with Crippen molar-refractivity contribution in [2.24, 2.45) is 0 Å². The highest BCUT2D eigenvalue weighted by Crippen LogP contribution is 2.41. The summed E-state index contributed by atoms with van der Waals surface area (Å²) in [5.41, 5.74) is -0.331. The Morgan fingerprint density at radius 3 is 1.75 bits per heavy atom. The van der Waals surface area contributed by atoms with Crippen LogP contribution in [0.5, 0.6) is 11.5 Å². The Balaban J connectivity index is 3.38. The molecule has 0 aliphatic carbocycles. The van der Waals surface area contributed by atoms with Crippen LogP contribution in [0.1, 0.15) is 74.2 Å². The number of hydrogen-bond acceptors (Lipinski definition) is 4. The monoisotopic (exact) mass is 351 g/mol. The number of ether oxygens (including phenoxy) is 3. The Bertz CT molecular complexity index is 536. The van der Waals surface area contributed by atoms with Crippen molar-refractivity contribution in [3.8, 4) is 11.5 Å². The van der Waals surface area contributed by atoms with Gasteiger partial charge in [0.2, 0.25) is 10.5 Å². The van der Waals surface area contributed by atoms with Crippen LogP contribution in [0.3, 0.4) is 0 Å². The van der Waals surface area contributed by atoms with Gasteiger partial charge in [0.05, 0.1) is 11.2 Å². The minimum Gasteiger partial charge on any atom is -0.484 e. The van der Waals surface area contributed by atoms with Gasteiger partial charge in [0, 0.05) is 0 Å². The lowest BCUT2D eigenvalue weighted by molar-refractivity contribution is -0.154. The number of hydrogen-bond donors (Lipinski definition) is 0. The first-order chi connectivity index (χ1) is 10.7. The van der Waals surface area contributed by atoms with Gasteiger partial charge in [-0.25, -0.2) is 0 Å². The first-order valence-electron chi connectivity index (χ1n) is 8.23. The van der Waals surface area contributed by atoms with Crippen LogP contribution in [0.2, 0.25) is 0 Å². The van der Waals surface area contributed by atoms with Crippen molar-refractivity contribution >= 4 is 10.5 Å². The van der Waals surface area contributed by atoms with Crippen LogP contribution in [0.4, 0.5) is 0 Å². The largest absolute Gasteiger partial charge is 0.484 e. The molecule has 0 heterocycles. The zero-order valence-corrected chi connectivity index (χ0v) is 17.4. The van der Waals surface area contributed by atoms with Crippen molar-refractivity contribution in [2.45, 2.75) is 85.4 Å². The maximum Gasteiger partial charge on any atom is 0.250 e. The van der Waals surface area contributed by atoms with Gasteiger partial charge < -0.3 is 18.6 Å². The van der Waals surface area contributed by atoms with Crippen molar-refractivity contribution < 1.29 is 18.6 Å². The van der Waals surface area contributed by atoms with E-state index >= 15 is 0 Å². The molecule has 0 aliphatic heterocycles. The van der Waals surface area contributed by atoms with E-state index in [1.54, 1.807) is 0 Å². The number of para-hydroxylation sites is 1. The predicted molar refractivity (Wildman–Crippen MR) is 97.6 cm³/mol. The van der Waals surface area contributed by atoms with Crippen molar-refractivity contribution in [3.05, 3.63) is 23.8 Å². The summed E-state index contributed by atoms with van der Waals surface area (Å²) in [5, 5.41) is 0. The molecule has 0 fully saturated rings. The minimum absolute atomic E-state index is 0.343. The van der Waals surface area contributed by atoms with Crippen LogP contribution >= 0.6 is 0 Å². The van der Waals surface area contributed by atoms with E-state index in [2.05, 4.69) is 10.5 Å². The lowest BCUT2D eigenvalue weighted by Gasteiger charge is -2.32. The molecule has 0 aromatic heterocycles. The molecule has 135 valence electrons. The quantitative estimate of drug-likeness (QED) is 0.555. The lowest BCUT2D eigenvalue weighted by Crippen LogP contribution is -2.29. The van der Waals surface area contributed by atoms with Gasteiger partial charge in [-0.15, -0.1) is 0 Å². The summed E-state index contributed by atoms with van der Waals surface area (Å²) >= 11 is 0. The van der Waals surface area contributed by atoms with E-state index in [1.807, 2.05) is 80.5 Å². The fraction of sp³-hybridized carbons (Fsp3) is 0.684. The maximum atomic E-state index is 6.20. The molecule has 0 aliphatic rings. The van der Waals surface area contributed by atoms with Gasteiger partial charge in [-0.1, -0.05) is 6.07 Å². The molecule has 4 nitrogen and oxygen atoms in total. The van der Waals surface area contributed by atoms with Crippen LogP contribution in [0, 0.1) is 0 Å². The minimum atomic E-state index is -0.623. The van der Waals surface area contributed by atoms with Crippen LogP contribution in [-0.2, 0) is 9.16 Å². The van der Waals surface area contributed by atoms with Crippen molar-refractivity contribution in [3.63, 3.8) is 0 Å². The lowest BCUT2D eigenvalue weighted by atomic mass is 10.1. The standard InChI is InChI=1S/C19H31O4Si/c1-17(2,3)20-14-12-10-11-13(15(14)21-18(4,5)6)16(23-24)22-19(7,8)9/h10-12,16H,1-9H3. The summed E-state index contributed by atoms with van der Waals surface area (Å²) in [5.74, 6) is 1.30. The van der Waals surface area contributed by atoms with Crippen LogP contribution in [-0.4, -0.2) is 27.3 Å². The SMILES string of the molecule is CC(C)(C)Oc1cccc(C(O[Si])OC(C)(C)C)c1OC(C)(C)C. The van der Waals surface area contributed by atoms with Crippen molar-refractivity contribution in [1.29, 1.82) is 0 Å². The van der Waals surface area contributed by atoms with Gasteiger partial charge in [0.1, 0.15) is 11.2 Å². The summed E-state index contributed by atoms with van der Waals surface area (Å²) in [6, 6.07) is 5.74. The third-order valence-electron chi connectivity index (χ3n) is 2.66. The van der Waals surface area contributed by atoms with Gasteiger partial charge in [-0.2, -0.15) is 0 Å². The molecule has 1 atom stereocenters. The summed E-state index contributed by atoms with van der Waals surface area (Å²) in [6.07, 6.45) is -0.623. The van der Waals surface area contributed by atoms with E-state index in [1.165, 1.54) is 0 Å². The Morgan fingerprint density at radius 2 is 1.33 bits per heavy atom. The third kappa shape index (κ3) is 7.24. The van der Waals surface area contributed by atoms with Crippen LogP contribution in [0.15, 0.2) is 18.2 Å². The molecule has 0 spiro atoms. The molecule has 0 bridgehead atoms. The van der Waals surface area contributed by atoms with E-state index in [4.69, 9.17) is 18.6 Å². The summed E-state index contributed by atoms with van der Waals surface area (Å²) in [4.78, 5) is 0. The Morgan fingerprint density at radius 1 is 0.792 bits per heavy atom. The van der Waals surface area contributed by atoms with Gasteiger partial charge in [-0.3, -0.25) is 0 Å². The van der Waals surface area contributed by atoms with Gasteiger partial charge in [0.15, 0.2) is 17.8 Å². The van der Waals surface area contributed by atoms with E-state index < -0.39 is 6.29 Å². The molecule has 1 unspecified atom stereocenters. The predicted octanol–water partition coefficient (Wildman–Crippen LogP) is 4.96. The molecule has 1 aromatic rings. The molecule has 0 amide bonds. The van der Waals surface area contributed by atoms with Gasteiger partial charge in [-0.05, 0) is 74.4 Å². The average Bonchev–Trinajstić information content (AvgIpc) is 2.34. The van der Waals surface area contributed by atoms with Crippen LogP contribution in [0.25, 0.3) is 0 Å². The fourth-order valence-corrected chi connectivity index (χ4v) is 2.19. The van der Waals surface area contributed by atoms with Gasteiger partial charge >= 0.3 is 0 Å². The molecule has 0 saturated heterocycles. The molecule has 1 rings (SSSR count). The first-order valence-corrected chi connectivity index (χ1v) is 8.64. The summed E-state index contributed by atoms with van der Waals surface area (Å²) in [6.45, 7) is 17.9. The molecule has 0 saturated carbocycles. The Kier molecular flexibility index (Phi) is 6.53. The van der Waals surface area contributed by atoms with Crippen LogP contribution < -0.4 is 9.47 Å². The molecule has 0 N–H and O–H groups in total. The average molecular weight is 352 g/mol. The van der Waals surface area contributed by atoms with E-state index in [9.17, 15) is 0 Å².